The van der Waals surface area contributed by atoms with Crippen LogP contribution in [-0.4, -0.2) is 15.8 Å². The zero-order valence-corrected chi connectivity index (χ0v) is 7.63. The number of amidine groups is 1. The summed E-state index contributed by atoms with van der Waals surface area (Å²) in [4.78, 5) is 12.7. The van der Waals surface area contributed by atoms with Crippen molar-refractivity contribution in [2.75, 3.05) is 0 Å². The van der Waals surface area contributed by atoms with E-state index in [9.17, 15) is 0 Å². The highest BCUT2D eigenvalue weighted by atomic mass is 15.3. The average molecular weight is 177 g/mol. The lowest BCUT2D eigenvalue weighted by Crippen LogP contribution is -2.30. The van der Waals surface area contributed by atoms with Crippen LogP contribution in [0.15, 0.2) is 4.99 Å². The van der Waals surface area contributed by atoms with Crippen LogP contribution in [-0.2, 0) is 6.42 Å². The molecule has 0 amide bonds. The van der Waals surface area contributed by atoms with Gasteiger partial charge in [0.1, 0.15) is 11.7 Å². The van der Waals surface area contributed by atoms with Crippen LogP contribution in [0.3, 0.4) is 0 Å². The van der Waals surface area contributed by atoms with Gasteiger partial charge in [0, 0.05) is 17.7 Å². The molecule has 2 heterocycles. The molecule has 68 valence electrons. The van der Waals surface area contributed by atoms with Gasteiger partial charge in [-0.3, -0.25) is 0 Å². The summed E-state index contributed by atoms with van der Waals surface area (Å²) in [5, 5.41) is 0. The number of aryl methyl sites for hydroxylation is 2. The molecule has 5 heteroatoms. The minimum atomic E-state index is 0.706. The second-order valence-electron chi connectivity index (χ2n) is 3.04. The molecule has 0 unspecified atom stereocenters. The molecule has 2 rings (SSSR count). The van der Waals surface area contributed by atoms with Crippen molar-refractivity contribution in [1.82, 2.24) is 15.4 Å². The molecule has 0 spiro atoms. The molecule has 1 aromatic rings. The predicted molar refractivity (Wildman–Crippen MR) is 49.6 cm³/mol. The summed E-state index contributed by atoms with van der Waals surface area (Å²) < 4.78 is 0. The Bertz CT molecular complexity index is 382. The maximum atomic E-state index is 5.27. The molecular weight excluding hydrogens is 166 g/mol. The Labute approximate surface area is 76.1 Å². The zero-order chi connectivity index (χ0) is 9.42. The monoisotopic (exact) mass is 177 g/mol. The third-order valence-electron chi connectivity index (χ3n) is 2.06. The second-order valence-corrected chi connectivity index (χ2v) is 3.04. The Hall–Kier alpha value is -1.49. The lowest BCUT2D eigenvalue weighted by molar-refractivity contribution is 0.980. The number of nitrogens with one attached hydrogen (secondary N) is 1. The zero-order valence-electron chi connectivity index (χ0n) is 7.63. The summed E-state index contributed by atoms with van der Waals surface area (Å²) in [5.41, 5.74) is 4.59. The average Bonchev–Trinajstić information content (AvgIpc) is 2.47. The Morgan fingerprint density at radius 2 is 2.08 bits per heavy atom. The number of hydrazine groups is 1. The molecule has 1 aromatic heterocycles. The topological polar surface area (TPSA) is 76.2 Å². The molecule has 0 saturated carbocycles. The van der Waals surface area contributed by atoms with Crippen molar-refractivity contribution in [2.45, 2.75) is 20.3 Å². The first-order chi connectivity index (χ1) is 6.20. The Kier molecular flexibility index (Phi) is 1.73. The number of aromatic nitrogens is 2. The fourth-order valence-corrected chi connectivity index (χ4v) is 1.44. The van der Waals surface area contributed by atoms with E-state index in [1.807, 2.05) is 13.8 Å². The van der Waals surface area contributed by atoms with E-state index in [1.165, 1.54) is 0 Å². The van der Waals surface area contributed by atoms with Crippen molar-refractivity contribution in [2.24, 2.45) is 10.8 Å². The van der Waals surface area contributed by atoms with Crippen molar-refractivity contribution >= 4 is 11.7 Å². The van der Waals surface area contributed by atoms with Crippen molar-refractivity contribution < 1.29 is 0 Å². The van der Waals surface area contributed by atoms with E-state index in [2.05, 4.69) is 20.4 Å². The van der Waals surface area contributed by atoms with Crippen LogP contribution in [0, 0.1) is 13.8 Å². The molecule has 0 saturated heterocycles. The number of hydrogen-bond donors (Lipinski definition) is 2. The molecule has 0 aliphatic carbocycles. The molecule has 3 N–H and O–H groups in total. The molecular formula is C8H11N5. The van der Waals surface area contributed by atoms with E-state index in [-0.39, 0.29) is 0 Å². The molecule has 0 bridgehead atoms. The van der Waals surface area contributed by atoms with E-state index in [1.54, 1.807) is 0 Å². The van der Waals surface area contributed by atoms with Crippen molar-refractivity contribution in [3.05, 3.63) is 17.1 Å². The van der Waals surface area contributed by atoms with Gasteiger partial charge < -0.3 is 5.43 Å². The molecule has 0 atom stereocenters. The van der Waals surface area contributed by atoms with Gasteiger partial charge in [-0.15, -0.1) is 0 Å². The van der Waals surface area contributed by atoms with E-state index in [0.717, 1.165) is 28.7 Å². The second kappa shape index (κ2) is 2.77. The van der Waals surface area contributed by atoms with Crippen LogP contribution < -0.4 is 11.3 Å². The summed E-state index contributed by atoms with van der Waals surface area (Å²) in [6.45, 7) is 3.82. The minimum absolute atomic E-state index is 0.706. The maximum Gasteiger partial charge on any atom is 0.161 e. The van der Waals surface area contributed by atoms with Crippen molar-refractivity contribution in [1.29, 1.82) is 0 Å². The fraction of sp³-hybridized carbons (Fsp3) is 0.375. The highest BCUT2D eigenvalue weighted by Crippen LogP contribution is 2.25. The summed E-state index contributed by atoms with van der Waals surface area (Å²) in [6, 6.07) is 0. The van der Waals surface area contributed by atoms with Gasteiger partial charge in [0.15, 0.2) is 5.82 Å². The summed E-state index contributed by atoms with van der Waals surface area (Å²) in [7, 11) is 0. The lowest BCUT2D eigenvalue weighted by Gasteiger charge is -2.01. The summed E-state index contributed by atoms with van der Waals surface area (Å²) in [6.07, 6.45) is 0.706. The maximum absolute atomic E-state index is 5.27. The highest BCUT2D eigenvalue weighted by Gasteiger charge is 2.18. The van der Waals surface area contributed by atoms with Gasteiger partial charge in [0.25, 0.3) is 0 Å². The van der Waals surface area contributed by atoms with Gasteiger partial charge in [-0.05, 0) is 13.8 Å². The molecule has 0 radical (unpaired) electrons. The van der Waals surface area contributed by atoms with E-state index in [4.69, 9.17) is 5.84 Å². The molecule has 13 heavy (non-hydrogen) atoms. The summed E-state index contributed by atoms with van der Waals surface area (Å²) >= 11 is 0. The Morgan fingerprint density at radius 3 is 2.77 bits per heavy atom. The first kappa shape index (κ1) is 8.12. The van der Waals surface area contributed by atoms with Crippen LogP contribution in [0.4, 0.5) is 5.82 Å². The smallest absolute Gasteiger partial charge is 0.161 e. The lowest BCUT2D eigenvalue weighted by atomic mass is 10.2. The predicted octanol–water partition coefficient (Wildman–Crippen LogP) is 0.143. The van der Waals surface area contributed by atoms with E-state index < -0.39 is 0 Å². The number of nitrogens with zero attached hydrogens (tertiary/aromatic N) is 3. The SMILES string of the molecule is Cc1nc(C)c2c(n1)N=C(NN)C2. The van der Waals surface area contributed by atoms with Gasteiger partial charge in [0.05, 0.1) is 0 Å². The molecule has 0 fully saturated rings. The first-order valence-electron chi connectivity index (χ1n) is 4.09. The van der Waals surface area contributed by atoms with Crippen LogP contribution in [0.2, 0.25) is 0 Å². The van der Waals surface area contributed by atoms with Gasteiger partial charge in [0.2, 0.25) is 0 Å². The molecule has 0 aromatic carbocycles. The third-order valence-corrected chi connectivity index (χ3v) is 2.06. The van der Waals surface area contributed by atoms with Gasteiger partial charge in [-0.1, -0.05) is 0 Å². The Balaban J connectivity index is 2.50. The number of aliphatic imine (C=N–C) groups is 1. The van der Waals surface area contributed by atoms with Gasteiger partial charge in [-0.25, -0.2) is 20.8 Å². The summed E-state index contributed by atoms with van der Waals surface area (Å²) in [5.74, 6) is 7.52. The Morgan fingerprint density at radius 1 is 1.31 bits per heavy atom. The number of nitrogens with two attached hydrogens (primary N) is 1. The number of fused-ring (bicyclic) bond motifs is 1. The van der Waals surface area contributed by atoms with E-state index in [0.29, 0.717) is 6.42 Å². The molecule has 1 aliphatic rings. The number of rotatable bonds is 0. The molecule has 5 nitrogen and oxygen atoms in total. The van der Waals surface area contributed by atoms with Gasteiger partial charge >= 0.3 is 0 Å². The highest BCUT2D eigenvalue weighted by molar-refractivity contribution is 5.91. The first-order valence-corrected chi connectivity index (χ1v) is 4.09. The quantitative estimate of drug-likeness (QED) is 0.436. The fourth-order valence-electron chi connectivity index (χ4n) is 1.44. The van der Waals surface area contributed by atoms with Crippen molar-refractivity contribution in [3.63, 3.8) is 0 Å². The van der Waals surface area contributed by atoms with Crippen LogP contribution in [0.25, 0.3) is 0 Å². The van der Waals surface area contributed by atoms with Gasteiger partial charge in [-0.2, -0.15) is 0 Å². The molecule has 1 aliphatic heterocycles. The largest absolute Gasteiger partial charge is 0.312 e. The number of hydrogen-bond acceptors (Lipinski definition) is 5. The third kappa shape index (κ3) is 1.27. The standard InChI is InChI=1S/C8H11N5/c1-4-6-3-7(13-9)12-8(6)11-5(2)10-4/h3,9H2,1-2H3,(H,10,11,12,13). The van der Waals surface area contributed by atoms with Crippen LogP contribution >= 0.6 is 0 Å². The van der Waals surface area contributed by atoms with Crippen molar-refractivity contribution in [3.8, 4) is 0 Å². The normalized spacial score (nSPS) is 13.9. The van der Waals surface area contributed by atoms with Crippen LogP contribution in [0.1, 0.15) is 17.1 Å². The van der Waals surface area contributed by atoms with Crippen LogP contribution in [0.5, 0.6) is 0 Å². The van der Waals surface area contributed by atoms with E-state index >= 15 is 0 Å². The minimum Gasteiger partial charge on any atom is -0.312 e.